The lowest BCUT2D eigenvalue weighted by molar-refractivity contribution is -0.137. The Kier molecular flexibility index (Phi) is 7.17. The molecule has 0 fully saturated rings. The summed E-state index contributed by atoms with van der Waals surface area (Å²) in [4.78, 5) is 11.5. The van der Waals surface area contributed by atoms with Crippen LogP contribution in [0.15, 0.2) is 42.5 Å². The zero-order valence-electron chi connectivity index (χ0n) is 19.9. The Balaban J connectivity index is 2.48. The summed E-state index contributed by atoms with van der Waals surface area (Å²) in [7, 11) is 0. The average molecular weight is 456 g/mol. The average Bonchev–Trinajstić information content (AvgIpc) is 3.15. The molecule has 0 saturated heterocycles. The van der Waals surface area contributed by atoms with Crippen LogP contribution in [0.5, 0.6) is 5.75 Å². The number of aromatic nitrogens is 1. The second kappa shape index (κ2) is 9.56. The zero-order chi connectivity index (χ0) is 24.4. The maximum Gasteiger partial charge on any atom is 0.303 e. The summed E-state index contributed by atoms with van der Waals surface area (Å²) in [5.41, 5.74) is 1.84. The fourth-order valence-corrected chi connectivity index (χ4v) is 4.81. The first kappa shape index (κ1) is 24.8. The van der Waals surface area contributed by atoms with Crippen molar-refractivity contribution in [3.8, 4) is 11.4 Å². The molecule has 5 nitrogen and oxygen atoms in total. The second-order valence-corrected chi connectivity index (χ2v) is 9.81. The van der Waals surface area contributed by atoms with Gasteiger partial charge in [0.2, 0.25) is 0 Å². The maximum absolute atomic E-state index is 13.7. The van der Waals surface area contributed by atoms with Crippen LogP contribution in [-0.2, 0) is 15.6 Å². The number of hydrogen-bond acceptors (Lipinski definition) is 3. The predicted molar refractivity (Wildman–Crippen MR) is 129 cm³/mol. The Bertz CT molecular complexity index is 1130. The Labute approximate surface area is 194 Å². The van der Waals surface area contributed by atoms with E-state index in [0.717, 1.165) is 36.0 Å². The fourth-order valence-electron chi connectivity index (χ4n) is 4.81. The van der Waals surface area contributed by atoms with Gasteiger partial charge >= 0.3 is 5.97 Å². The largest absolute Gasteiger partial charge is 0.507 e. The number of nitrogens with zero attached hydrogens (tertiary/aromatic N) is 1. The van der Waals surface area contributed by atoms with Crippen molar-refractivity contribution in [3.63, 3.8) is 0 Å². The molecule has 1 atom stereocenters. The lowest BCUT2D eigenvalue weighted by Gasteiger charge is -2.35. The first-order valence-corrected chi connectivity index (χ1v) is 11.5. The third kappa shape index (κ3) is 4.76. The number of unbranched alkanes of at least 4 members (excludes halogenated alkanes) is 1. The Morgan fingerprint density at radius 2 is 1.73 bits per heavy atom. The molecule has 0 unspecified atom stereocenters. The molecule has 3 aromatic rings. The van der Waals surface area contributed by atoms with Gasteiger partial charge in [-0.3, -0.25) is 4.79 Å². The van der Waals surface area contributed by atoms with Crippen molar-refractivity contribution in [1.82, 2.24) is 4.57 Å². The van der Waals surface area contributed by atoms with Gasteiger partial charge in [-0.05, 0) is 60.2 Å². The monoisotopic (exact) mass is 455 g/mol. The van der Waals surface area contributed by atoms with Crippen LogP contribution < -0.4 is 0 Å². The van der Waals surface area contributed by atoms with Gasteiger partial charge in [0, 0.05) is 28.6 Å². The van der Waals surface area contributed by atoms with E-state index in [1.54, 1.807) is 24.3 Å². The minimum absolute atomic E-state index is 0.00394. The number of hydrogen-bond donors (Lipinski definition) is 3. The van der Waals surface area contributed by atoms with Gasteiger partial charge in [-0.2, -0.15) is 0 Å². The number of phenolic OH excluding ortho intramolecular Hbond substituents is 1. The van der Waals surface area contributed by atoms with Crippen LogP contribution in [0, 0.1) is 5.82 Å². The quantitative estimate of drug-likeness (QED) is 0.347. The van der Waals surface area contributed by atoms with Gasteiger partial charge in [0.05, 0.1) is 12.1 Å². The van der Waals surface area contributed by atoms with Crippen molar-refractivity contribution in [2.24, 2.45) is 0 Å². The van der Waals surface area contributed by atoms with E-state index < -0.39 is 16.8 Å². The zero-order valence-corrected chi connectivity index (χ0v) is 19.9. The topological polar surface area (TPSA) is 82.7 Å². The number of fused-ring (bicyclic) bond motifs is 1. The highest BCUT2D eigenvalue weighted by atomic mass is 19.1. The minimum Gasteiger partial charge on any atom is -0.507 e. The van der Waals surface area contributed by atoms with Gasteiger partial charge < -0.3 is 19.9 Å². The number of halogens is 1. The van der Waals surface area contributed by atoms with Crippen molar-refractivity contribution < 1.29 is 24.5 Å². The van der Waals surface area contributed by atoms with Crippen molar-refractivity contribution >= 4 is 16.9 Å². The number of carboxylic acids is 1. The van der Waals surface area contributed by atoms with Gasteiger partial charge in [0.1, 0.15) is 11.6 Å². The minimum atomic E-state index is -0.868. The highest BCUT2D eigenvalue weighted by Gasteiger charge is 2.40. The third-order valence-electron chi connectivity index (χ3n) is 6.67. The molecule has 33 heavy (non-hydrogen) atoms. The number of rotatable bonds is 10. The summed E-state index contributed by atoms with van der Waals surface area (Å²) in [6, 6.07) is 11.4. The molecular formula is C27H34FNO4. The summed E-state index contributed by atoms with van der Waals surface area (Å²) in [6.45, 7) is 7.85. The molecule has 178 valence electrons. The molecule has 3 N–H and O–H groups in total. The van der Waals surface area contributed by atoms with Crippen LogP contribution in [0.2, 0.25) is 0 Å². The number of carbonyl (C=O) groups is 1. The number of aliphatic carboxylic acids is 1. The van der Waals surface area contributed by atoms with E-state index in [9.17, 15) is 24.5 Å². The number of benzene rings is 2. The molecule has 3 rings (SSSR count). The van der Waals surface area contributed by atoms with E-state index in [2.05, 4.69) is 13.8 Å². The van der Waals surface area contributed by atoms with E-state index in [4.69, 9.17) is 0 Å². The molecule has 1 aromatic heterocycles. The third-order valence-corrected chi connectivity index (χ3v) is 6.67. The Morgan fingerprint density at radius 1 is 1.06 bits per heavy atom. The van der Waals surface area contributed by atoms with Gasteiger partial charge in [-0.25, -0.2) is 4.39 Å². The molecule has 0 radical (unpaired) electrons. The summed E-state index contributed by atoms with van der Waals surface area (Å²) in [6.07, 6.45) is 2.97. The van der Waals surface area contributed by atoms with Crippen LogP contribution in [0.4, 0.5) is 4.39 Å². The molecule has 0 bridgehead atoms. The van der Waals surface area contributed by atoms with Crippen LogP contribution in [-0.4, -0.2) is 32.5 Å². The van der Waals surface area contributed by atoms with E-state index >= 15 is 0 Å². The summed E-state index contributed by atoms with van der Waals surface area (Å²) in [5, 5.41) is 31.6. The number of aliphatic hydroxyl groups excluding tert-OH is 1. The fraction of sp³-hybridized carbons (Fsp3) is 0.444. The molecular weight excluding hydrogens is 421 g/mol. The van der Waals surface area contributed by atoms with Gasteiger partial charge in [0.15, 0.2) is 0 Å². The Hall–Kier alpha value is -2.86. The molecule has 0 aliphatic rings. The number of carboxylic acid groups (broad SMARTS) is 1. The highest BCUT2D eigenvalue weighted by Crippen LogP contribution is 2.49. The maximum atomic E-state index is 13.7. The van der Waals surface area contributed by atoms with Crippen LogP contribution in [0.3, 0.4) is 0 Å². The van der Waals surface area contributed by atoms with Crippen molar-refractivity contribution in [2.75, 3.05) is 6.61 Å². The van der Waals surface area contributed by atoms with E-state index in [1.807, 2.05) is 24.5 Å². The molecule has 0 amide bonds. The lowest BCUT2D eigenvalue weighted by Crippen LogP contribution is -2.32. The standard InChI is InChI=1S/C27H34FNO4/c1-5-6-15-27(4,16-14-22(32)33)24-23-20(8-7-9-21(23)31)29(25(24)26(2,3)17-30)19-12-10-18(28)11-13-19/h7-13,30-31H,5-6,14-17H2,1-4H3,(H,32,33)/t27-/m1/s1. The molecule has 0 aliphatic carbocycles. The van der Waals surface area contributed by atoms with Crippen LogP contribution in [0.25, 0.3) is 16.6 Å². The second-order valence-electron chi connectivity index (χ2n) is 9.81. The molecule has 2 aromatic carbocycles. The molecule has 1 heterocycles. The summed E-state index contributed by atoms with van der Waals surface area (Å²) < 4.78 is 15.7. The first-order valence-electron chi connectivity index (χ1n) is 11.5. The van der Waals surface area contributed by atoms with Crippen LogP contribution >= 0.6 is 0 Å². The van der Waals surface area contributed by atoms with Crippen LogP contribution in [0.1, 0.15) is 71.1 Å². The van der Waals surface area contributed by atoms with Gasteiger partial charge in [-0.1, -0.05) is 46.6 Å². The van der Waals surface area contributed by atoms with Crippen molar-refractivity contribution in [1.29, 1.82) is 0 Å². The van der Waals surface area contributed by atoms with E-state index in [1.165, 1.54) is 12.1 Å². The smallest absolute Gasteiger partial charge is 0.303 e. The number of phenols is 1. The van der Waals surface area contributed by atoms with E-state index in [0.29, 0.717) is 17.5 Å². The molecule has 0 aliphatic heterocycles. The van der Waals surface area contributed by atoms with Gasteiger partial charge in [-0.15, -0.1) is 0 Å². The SMILES string of the molecule is CCCC[C@](C)(CCC(=O)O)c1c(C(C)(C)CO)n(-c2ccc(F)cc2)c2cccc(O)c12. The van der Waals surface area contributed by atoms with E-state index in [-0.39, 0.29) is 24.6 Å². The molecule has 0 spiro atoms. The number of aliphatic hydroxyl groups is 1. The predicted octanol–water partition coefficient (Wildman–Crippen LogP) is 6.06. The van der Waals surface area contributed by atoms with Crippen molar-refractivity contribution in [2.45, 2.75) is 70.6 Å². The lowest BCUT2D eigenvalue weighted by atomic mass is 9.70. The first-order chi connectivity index (χ1) is 15.6. The number of aromatic hydroxyl groups is 1. The summed E-state index contributed by atoms with van der Waals surface area (Å²) >= 11 is 0. The summed E-state index contributed by atoms with van der Waals surface area (Å²) in [5.74, 6) is -1.11. The Morgan fingerprint density at radius 3 is 2.30 bits per heavy atom. The normalized spacial score (nSPS) is 13.9. The highest BCUT2D eigenvalue weighted by molar-refractivity contribution is 5.94. The molecule has 6 heteroatoms. The molecule has 0 saturated carbocycles. The van der Waals surface area contributed by atoms with Crippen molar-refractivity contribution in [3.05, 3.63) is 59.5 Å². The van der Waals surface area contributed by atoms with Gasteiger partial charge in [0.25, 0.3) is 0 Å².